The molecule has 2 aromatic rings. The quantitative estimate of drug-likeness (QED) is 0.431. The van der Waals surface area contributed by atoms with Gasteiger partial charge < -0.3 is 0 Å². The monoisotopic (exact) mass is 248 g/mol. The molecule has 1 atom stereocenters. The molecule has 1 aliphatic rings. The zero-order chi connectivity index (χ0) is 13.3. The van der Waals surface area contributed by atoms with Gasteiger partial charge >= 0.3 is 0 Å². The van der Waals surface area contributed by atoms with Crippen molar-refractivity contribution in [3.8, 4) is 0 Å². The third-order valence-electron chi connectivity index (χ3n) is 3.41. The Morgan fingerprint density at radius 3 is 2.47 bits per heavy atom. The number of aliphatic imine (C=N–C) groups is 1. The lowest BCUT2D eigenvalue weighted by molar-refractivity contribution is 0.687. The number of nitrogens with zero attached hydrogens (tertiary/aromatic N) is 4. The van der Waals surface area contributed by atoms with Gasteiger partial charge in [0, 0.05) is 4.91 Å². The van der Waals surface area contributed by atoms with Crippen molar-refractivity contribution in [2.24, 2.45) is 10.1 Å². The summed E-state index contributed by atoms with van der Waals surface area (Å²) in [5.41, 5.74) is 11.7. The number of para-hydroxylation sites is 1. The molecule has 92 valence electrons. The maximum Gasteiger partial charge on any atom is 0.116 e. The van der Waals surface area contributed by atoms with Crippen LogP contribution in [0.5, 0.6) is 0 Å². The summed E-state index contributed by atoms with van der Waals surface area (Å²) < 4.78 is 0. The molecule has 0 spiro atoms. The fourth-order valence-corrected chi connectivity index (χ4v) is 2.47. The SMILES string of the molecule is CC1(N=[N+]=[N-])C(c2ccccc2)=Nc2ccccc21. The molecule has 0 fully saturated rings. The number of azide groups is 1. The Kier molecular flexibility index (Phi) is 2.58. The van der Waals surface area contributed by atoms with Crippen LogP contribution in [0.25, 0.3) is 10.4 Å². The van der Waals surface area contributed by atoms with Gasteiger partial charge in [-0.1, -0.05) is 53.6 Å². The summed E-state index contributed by atoms with van der Waals surface area (Å²) in [6.45, 7) is 1.91. The van der Waals surface area contributed by atoms with E-state index in [-0.39, 0.29) is 0 Å². The first kappa shape index (κ1) is 11.5. The van der Waals surface area contributed by atoms with Crippen LogP contribution < -0.4 is 0 Å². The zero-order valence-corrected chi connectivity index (χ0v) is 10.5. The number of fused-ring (bicyclic) bond motifs is 1. The highest BCUT2D eigenvalue weighted by Crippen LogP contribution is 2.43. The van der Waals surface area contributed by atoms with Crippen LogP contribution in [-0.2, 0) is 5.54 Å². The molecular formula is C15H12N4. The van der Waals surface area contributed by atoms with E-state index in [9.17, 15) is 0 Å². The van der Waals surface area contributed by atoms with Gasteiger partial charge in [-0.2, -0.15) is 0 Å². The first-order valence-electron chi connectivity index (χ1n) is 6.06. The lowest BCUT2D eigenvalue weighted by Gasteiger charge is -2.21. The van der Waals surface area contributed by atoms with Crippen LogP contribution in [0.2, 0.25) is 0 Å². The molecular weight excluding hydrogens is 236 g/mol. The van der Waals surface area contributed by atoms with Gasteiger partial charge in [-0.15, -0.1) is 0 Å². The minimum absolute atomic E-state index is 0.743. The average Bonchev–Trinajstić information content (AvgIpc) is 2.74. The van der Waals surface area contributed by atoms with Crippen LogP contribution in [0.15, 0.2) is 64.7 Å². The van der Waals surface area contributed by atoms with Crippen molar-refractivity contribution in [1.82, 2.24) is 0 Å². The molecule has 3 rings (SSSR count). The maximum atomic E-state index is 8.89. The standard InChI is InChI=1S/C15H12N4/c1-15(18-19-16)12-9-5-6-10-13(12)17-14(15)11-7-3-2-4-8-11/h2-10H,1H3. The molecule has 1 aliphatic heterocycles. The summed E-state index contributed by atoms with van der Waals surface area (Å²) in [7, 11) is 0. The van der Waals surface area contributed by atoms with Crippen LogP contribution in [0.4, 0.5) is 5.69 Å². The number of hydrogen-bond donors (Lipinski definition) is 0. The van der Waals surface area contributed by atoms with Gasteiger partial charge in [-0.25, -0.2) is 0 Å². The van der Waals surface area contributed by atoms with Gasteiger partial charge in [-0.05, 0) is 29.6 Å². The number of hydrogen-bond acceptors (Lipinski definition) is 2. The van der Waals surface area contributed by atoms with Gasteiger partial charge in [0.2, 0.25) is 0 Å². The fourth-order valence-electron chi connectivity index (χ4n) is 2.47. The summed E-state index contributed by atoms with van der Waals surface area (Å²) in [4.78, 5) is 7.65. The predicted molar refractivity (Wildman–Crippen MR) is 75.6 cm³/mol. The van der Waals surface area contributed by atoms with E-state index in [0.717, 1.165) is 22.5 Å². The first-order chi connectivity index (χ1) is 9.25. The van der Waals surface area contributed by atoms with Crippen LogP contribution in [0, 0.1) is 0 Å². The van der Waals surface area contributed by atoms with E-state index < -0.39 is 5.54 Å². The van der Waals surface area contributed by atoms with Crippen molar-refractivity contribution < 1.29 is 0 Å². The number of benzene rings is 2. The minimum atomic E-state index is -0.743. The maximum absolute atomic E-state index is 8.89. The largest absolute Gasteiger partial charge is 0.251 e. The molecule has 1 unspecified atom stereocenters. The van der Waals surface area contributed by atoms with E-state index in [2.05, 4.69) is 15.0 Å². The molecule has 0 N–H and O–H groups in total. The van der Waals surface area contributed by atoms with Gasteiger partial charge in [0.1, 0.15) is 5.54 Å². The molecule has 0 aromatic heterocycles. The summed E-state index contributed by atoms with van der Waals surface area (Å²) >= 11 is 0. The zero-order valence-electron chi connectivity index (χ0n) is 10.5. The molecule has 2 aromatic carbocycles. The van der Waals surface area contributed by atoms with Gasteiger partial charge in [-0.3, -0.25) is 4.99 Å². The first-order valence-corrected chi connectivity index (χ1v) is 6.06. The van der Waals surface area contributed by atoms with Gasteiger partial charge in [0.25, 0.3) is 0 Å². The van der Waals surface area contributed by atoms with E-state index in [4.69, 9.17) is 5.53 Å². The molecule has 0 saturated carbocycles. The number of rotatable bonds is 2. The Morgan fingerprint density at radius 2 is 1.74 bits per heavy atom. The van der Waals surface area contributed by atoms with Crippen LogP contribution >= 0.6 is 0 Å². The summed E-state index contributed by atoms with van der Waals surface area (Å²) in [5.74, 6) is 0. The second kappa shape index (κ2) is 4.26. The van der Waals surface area contributed by atoms with Crippen LogP contribution in [0.3, 0.4) is 0 Å². The Hall–Kier alpha value is -2.58. The van der Waals surface area contributed by atoms with Crippen molar-refractivity contribution in [3.05, 3.63) is 76.2 Å². The minimum Gasteiger partial charge on any atom is -0.251 e. The van der Waals surface area contributed by atoms with Crippen LogP contribution in [-0.4, -0.2) is 5.71 Å². The van der Waals surface area contributed by atoms with Crippen molar-refractivity contribution >= 4 is 11.4 Å². The smallest absolute Gasteiger partial charge is 0.116 e. The van der Waals surface area contributed by atoms with Crippen LogP contribution in [0.1, 0.15) is 18.1 Å². The predicted octanol–water partition coefficient (Wildman–Crippen LogP) is 4.35. The molecule has 0 aliphatic carbocycles. The van der Waals surface area contributed by atoms with E-state index in [1.165, 1.54) is 0 Å². The Labute approximate surface area is 111 Å². The molecule has 1 heterocycles. The summed E-state index contributed by atoms with van der Waals surface area (Å²) in [6.07, 6.45) is 0. The Morgan fingerprint density at radius 1 is 1.05 bits per heavy atom. The van der Waals surface area contributed by atoms with Gasteiger partial charge in [0.15, 0.2) is 0 Å². The lowest BCUT2D eigenvalue weighted by atomic mass is 9.86. The Bertz CT molecular complexity index is 699. The normalized spacial score (nSPS) is 20.4. The molecule has 4 nitrogen and oxygen atoms in total. The molecule has 0 bridgehead atoms. The highest BCUT2D eigenvalue weighted by atomic mass is 15.2. The molecule has 0 saturated heterocycles. The Balaban J connectivity index is 2.24. The van der Waals surface area contributed by atoms with Crippen molar-refractivity contribution in [2.75, 3.05) is 0 Å². The highest BCUT2D eigenvalue weighted by Gasteiger charge is 2.39. The van der Waals surface area contributed by atoms with E-state index in [1.807, 2.05) is 61.5 Å². The average molecular weight is 248 g/mol. The van der Waals surface area contributed by atoms with E-state index >= 15 is 0 Å². The molecule has 4 heteroatoms. The van der Waals surface area contributed by atoms with Crippen molar-refractivity contribution in [2.45, 2.75) is 12.5 Å². The third kappa shape index (κ3) is 1.70. The third-order valence-corrected chi connectivity index (χ3v) is 3.41. The molecule has 0 amide bonds. The molecule has 19 heavy (non-hydrogen) atoms. The van der Waals surface area contributed by atoms with Gasteiger partial charge in [0.05, 0.1) is 11.4 Å². The highest BCUT2D eigenvalue weighted by molar-refractivity contribution is 6.12. The van der Waals surface area contributed by atoms with E-state index in [1.54, 1.807) is 0 Å². The van der Waals surface area contributed by atoms with E-state index in [0.29, 0.717) is 0 Å². The topological polar surface area (TPSA) is 61.1 Å². The van der Waals surface area contributed by atoms with Crippen molar-refractivity contribution in [3.63, 3.8) is 0 Å². The lowest BCUT2D eigenvalue weighted by Crippen LogP contribution is -2.27. The fraction of sp³-hybridized carbons (Fsp3) is 0.133. The summed E-state index contributed by atoms with van der Waals surface area (Å²) in [6, 6.07) is 17.6. The second-order valence-electron chi connectivity index (χ2n) is 4.61. The second-order valence-corrected chi connectivity index (χ2v) is 4.61. The molecule has 0 radical (unpaired) electrons. The van der Waals surface area contributed by atoms with Crippen molar-refractivity contribution in [1.29, 1.82) is 0 Å². The summed E-state index contributed by atoms with van der Waals surface area (Å²) in [5, 5.41) is 4.00.